The van der Waals surface area contributed by atoms with Crippen LogP contribution in [0.4, 0.5) is 4.79 Å². The number of hydrogen-bond donors (Lipinski definition) is 2. The fraction of sp³-hybridized carbons (Fsp3) is 0.333. The minimum Gasteiger partial charge on any atom is -0.478 e. The molecule has 0 aliphatic carbocycles. The maximum absolute atomic E-state index is 10.6. The highest BCUT2D eigenvalue weighted by Gasteiger charge is 2.17. The molecule has 0 radical (unpaired) electrons. The number of carboxylic acid groups (broad SMARTS) is 1. The van der Waals surface area contributed by atoms with Gasteiger partial charge >= 0.3 is 6.09 Å². The lowest BCUT2D eigenvalue weighted by Gasteiger charge is -2.04. The van der Waals surface area contributed by atoms with E-state index in [1.807, 2.05) is 6.92 Å². The minimum absolute atomic E-state index is 0.192. The number of hydrogen-bond acceptors (Lipinski definition) is 6. The molecule has 8 heteroatoms. The van der Waals surface area contributed by atoms with Crippen molar-refractivity contribution in [1.82, 2.24) is 20.4 Å². The van der Waals surface area contributed by atoms with Gasteiger partial charge in [0.05, 0.1) is 6.61 Å². The van der Waals surface area contributed by atoms with E-state index in [-0.39, 0.29) is 5.89 Å². The summed E-state index contributed by atoms with van der Waals surface area (Å²) in [7, 11) is 0. The van der Waals surface area contributed by atoms with Gasteiger partial charge in [0.15, 0.2) is 0 Å². The molecule has 0 aliphatic heterocycles. The fourth-order valence-corrected chi connectivity index (χ4v) is 1.55. The predicted molar refractivity (Wildman–Crippen MR) is 68.3 cm³/mol. The number of nitrogens with one attached hydrogen (secondary N) is 1. The number of amides is 1. The first-order valence-electron chi connectivity index (χ1n) is 6.02. The molecule has 2 aromatic heterocycles. The van der Waals surface area contributed by atoms with Crippen molar-refractivity contribution in [3.05, 3.63) is 24.2 Å². The summed E-state index contributed by atoms with van der Waals surface area (Å²) in [6, 6.07) is 2.82. The van der Waals surface area contributed by atoms with Crippen molar-refractivity contribution >= 4 is 6.09 Å². The topological polar surface area (TPSA) is 110 Å². The first-order valence-corrected chi connectivity index (χ1v) is 6.02. The Balaban J connectivity index is 2.19. The number of rotatable bonds is 5. The van der Waals surface area contributed by atoms with E-state index in [4.69, 9.17) is 14.4 Å². The minimum atomic E-state index is -1.15. The summed E-state index contributed by atoms with van der Waals surface area (Å²) in [5, 5.41) is 14.7. The molecule has 20 heavy (non-hydrogen) atoms. The van der Waals surface area contributed by atoms with Crippen LogP contribution in [0.1, 0.15) is 25.8 Å². The van der Waals surface area contributed by atoms with Gasteiger partial charge in [0.2, 0.25) is 17.6 Å². The van der Waals surface area contributed by atoms with Gasteiger partial charge in [-0.2, -0.15) is 4.98 Å². The Kier molecular flexibility index (Phi) is 4.14. The summed E-state index contributed by atoms with van der Waals surface area (Å²) in [6.45, 7) is 3.98. The van der Waals surface area contributed by atoms with Crippen LogP contribution < -0.4 is 10.1 Å². The van der Waals surface area contributed by atoms with Crippen molar-refractivity contribution in [2.75, 3.05) is 6.61 Å². The van der Waals surface area contributed by atoms with E-state index >= 15 is 0 Å². The van der Waals surface area contributed by atoms with Crippen LogP contribution in [0, 0.1) is 0 Å². The van der Waals surface area contributed by atoms with Gasteiger partial charge in [-0.25, -0.2) is 9.78 Å². The van der Waals surface area contributed by atoms with Crippen molar-refractivity contribution < 1.29 is 19.2 Å². The summed E-state index contributed by atoms with van der Waals surface area (Å²) in [4.78, 5) is 18.7. The highest BCUT2D eigenvalue weighted by atomic mass is 16.5. The van der Waals surface area contributed by atoms with Gasteiger partial charge in [-0.3, -0.25) is 0 Å². The molecule has 0 aromatic carbocycles. The van der Waals surface area contributed by atoms with E-state index in [2.05, 4.69) is 20.4 Å². The van der Waals surface area contributed by atoms with Crippen molar-refractivity contribution in [2.45, 2.75) is 19.9 Å². The van der Waals surface area contributed by atoms with Gasteiger partial charge in [0.25, 0.3) is 0 Å². The Bertz CT molecular complexity index is 599. The van der Waals surface area contributed by atoms with Crippen LogP contribution in [0.15, 0.2) is 22.9 Å². The zero-order valence-electron chi connectivity index (χ0n) is 11.0. The molecule has 0 aliphatic rings. The van der Waals surface area contributed by atoms with E-state index in [0.29, 0.717) is 23.9 Å². The highest BCUT2D eigenvalue weighted by Crippen LogP contribution is 2.21. The van der Waals surface area contributed by atoms with Crippen LogP contribution in [0.5, 0.6) is 5.88 Å². The van der Waals surface area contributed by atoms with E-state index in [0.717, 1.165) is 0 Å². The van der Waals surface area contributed by atoms with Crippen LogP contribution in [-0.2, 0) is 0 Å². The van der Waals surface area contributed by atoms with Crippen molar-refractivity contribution in [2.24, 2.45) is 0 Å². The molecule has 0 fully saturated rings. The third-order valence-corrected chi connectivity index (χ3v) is 2.44. The molecule has 8 nitrogen and oxygen atoms in total. The molecule has 2 rings (SSSR count). The Morgan fingerprint density at radius 3 is 3.10 bits per heavy atom. The van der Waals surface area contributed by atoms with Crippen molar-refractivity contribution in [3.8, 4) is 17.3 Å². The Labute approximate surface area is 114 Å². The average molecular weight is 278 g/mol. The van der Waals surface area contributed by atoms with E-state index < -0.39 is 12.1 Å². The molecular weight excluding hydrogens is 264 g/mol. The van der Waals surface area contributed by atoms with Gasteiger partial charge in [-0.1, -0.05) is 5.16 Å². The zero-order valence-corrected chi connectivity index (χ0v) is 11.0. The van der Waals surface area contributed by atoms with Gasteiger partial charge < -0.3 is 19.7 Å². The summed E-state index contributed by atoms with van der Waals surface area (Å²) in [5.41, 5.74) is 0.681. The summed E-state index contributed by atoms with van der Waals surface area (Å²) in [6.07, 6.45) is 0.426. The van der Waals surface area contributed by atoms with Crippen LogP contribution in [0.2, 0.25) is 0 Å². The number of pyridine rings is 1. The SMILES string of the molecule is CCOc1cc(-c2noc(C(C)NC(=O)O)n2)ccn1. The largest absolute Gasteiger partial charge is 0.478 e. The van der Waals surface area contributed by atoms with Crippen molar-refractivity contribution in [3.63, 3.8) is 0 Å². The fourth-order valence-electron chi connectivity index (χ4n) is 1.55. The molecule has 0 bridgehead atoms. The van der Waals surface area contributed by atoms with Crippen LogP contribution in [-0.4, -0.2) is 32.9 Å². The van der Waals surface area contributed by atoms with Crippen molar-refractivity contribution in [1.29, 1.82) is 0 Å². The molecule has 2 heterocycles. The monoisotopic (exact) mass is 278 g/mol. The molecule has 0 spiro atoms. The predicted octanol–water partition coefficient (Wildman–Crippen LogP) is 1.86. The molecule has 2 aromatic rings. The maximum Gasteiger partial charge on any atom is 0.405 e. The lowest BCUT2D eigenvalue weighted by molar-refractivity contribution is 0.187. The summed E-state index contributed by atoms with van der Waals surface area (Å²) in [5.74, 6) is 1.01. The van der Waals surface area contributed by atoms with Crippen LogP contribution >= 0.6 is 0 Å². The molecule has 0 saturated carbocycles. The highest BCUT2D eigenvalue weighted by molar-refractivity contribution is 5.65. The molecule has 1 amide bonds. The van der Waals surface area contributed by atoms with Gasteiger partial charge in [-0.05, 0) is 19.9 Å². The Morgan fingerprint density at radius 2 is 2.40 bits per heavy atom. The van der Waals surface area contributed by atoms with Gasteiger partial charge in [-0.15, -0.1) is 0 Å². The Hall–Kier alpha value is -2.64. The first kappa shape index (κ1) is 13.8. The molecule has 2 N–H and O–H groups in total. The second kappa shape index (κ2) is 6.00. The third-order valence-electron chi connectivity index (χ3n) is 2.44. The number of nitrogens with zero attached hydrogens (tertiary/aromatic N) is 3. The molecule has 1 unspecified atom stereocenters. The van der Waals surface area contributed by atoms with Gasteiger partial charge in [0, 0.05) is 17.8 Å². The second-order valence-corrected chi connectivity index (χ2v) is 3.94. The first-order chi connectivity index (χ1) is 9.60. The maximum atomic E-state index is 10.6. The zero-order chi connectivity index (χ0) is 14.5. The van der Waals surface area contributed by atoms with E-state index in [1.165, 1.54) is 0 Å². The number of ether oxygens (including phenoxy) is 1. The molecule has 0 saturated heterocycles. The number of aromatic nitrogens is 3. The van der Waals surface area contributed by atoms with Crippen LogP contribution in [0.3, 0.4) is 0 Å². The summed E-state index contributed by atoms with van der Waals surface area (Å²) >= 11 is 0. The third kappa shape index (κ3) is 3.22. The quantitative estimate of drug-likeness (QED) is 0.858. The van der Waals surface area contributed by atoms with E-state index in [1.54, 1.807) is 25.3 Å². The standard InChI is InChI=1S/C12H14N4O4/c1-3-19-9-6-8(4-5-13-9)10-15-11(20-16-10)7(2)14-12(17)18/h4-7,14H,3H2,1-2H3,(H,17,18). The second-order valence-electron chi connectivity index (χ2n) is 3.94. The summed E-state index contributed by atoms with van der Waals surface area (Å²) < 4.78 is 10.3. The van der Waals surface area contributed by atoms with E-state index in [9.17, 15) is 4.79 Å². The Morgan fingerprint density at radius 1 is 1.60 bits per heavy atom. The smallest absolute Gasteiger partial charge is 0.405 e. The lowest BCUT2D eigenvalue weighted by Crippen LogP contribution is -2.24. The van der Waals surface area contributed by atoms with Gasteiger partial charge in [0.1, 0.15) is 6.04 Å². The van der Waals surface area contributed by atoms with Crippen LogP contribution in [0.25, 0.3) is 11.4 Å². The average Bonchev–Trinajstić information content (AvgIpc) is 2.88. The normalized spacial score (nSPS) is 11.9. The lowest BCUT2D eigenvalue weighted by atomic mass is 10.2. The molecular formula is C12H14N4O4. The number of carbonyl (C=O) groups is 1. The molecule has 106 valence electrons. The molecule has 1 atom stereocenters.